The van der Waals surface area contributed by atoms with Crippen LogP contribution < -0.4 is 5.73 Å². The minimum Gasteiger partial charge on any atom is -0.467 e. The molecule has 24 heavy (non-hydrogen) atoms. The molecule has 1 aliphatic carbocycles. The van der Waals surface area contributed by atoms with E-state index in [9.17, 15) is 4.79 Å². The Balaban J connectivity index is 0.00000144. The van der Waals surface area contributed by atoms with E-state index in [1.165, 1.54) is 44.9 Å². The van der Waals surface area contributed by atoms with Gasteiger partial charge in [-0.3, -0.25) is 9.69 Å². The molecule has 3 rings (SSSR count). The van der Waals surface area contributed by atoms with Crippen LogP contribution in [0.1, 0.15) is 48.2 Å². The lowest BCUT2D eigenvalue weighted by Crippen LogP contribution is -2.49. The second-order valence-electron chi connectivity index (χ2n) is 6.60. The number of carbonyl (C=O) groups is 1. The molecule has 0 aromatic carbocycles. The maximum Gasteiger partial charge on any atom is 0.257 e. The molecule has 1 aromatic heterocycles. The first-order chi connectivity index (χ1) is 10.8. The van der Waals surface area contributed by atoms with Gasteiger partial charge in [0.2, 0.25) is 0 Å². The summed E-state index contributed by atoms with van der Waals surface area (Å²) in [5.41, 5.74) is 6.15. The van der Waals surface area contributed by atoms with Crippen LogP contribution in [0.3, 0.4) is 0 Å². The van der Waals surface area contributed by atoms with E-state index in [1.54, 1.807) is 6.07 Å². The summed E-state index contributed by atoms with van der Waals surface area (Å²) in [7, 11) is 0. The van der Waals surface area contributed by atoms with E-state index < -0.39 is 0 Å². The number of halogens is 2. The van der Waals surface area contributed by atoms with Crippen LogP contribution in [0, 0.1) is 5.92 Å². The van der Waals surface area contributed by atoms with Gasteiger partial charge in [0.1, 0.15) is 12.0 Å². The van der Waals surface area contributed by atoms with Gasteiger partial charge in [0.05, 0.1) is 12.1 Å². The molecule has 0 radical (unpaired) electrons. The maximum atomic E-state index is 12.4. The van der Waals surface area contributed by atoms with Crippen molar-refractivity contribution in [2.24, 2.45) is 11.7 Å². The Labute approximate surface area is 156 Å². The summed E-state index contributed by atoms with van der Waals surface area (Å²) >= 11 is 0. The van der Waals surface area contributed by atoms with Crippen LogP contribution in [0.15, 0.2) is 16.7 Å². The van der Waals surface area contributed by atoms with Crippen molar-refractivity contribution in [1.82, 2.24) is 9.80 Å². The molecule has 1 amide bonds. The Bertz CT molecular complexity index is 496. The molecule has 0 unspecified atom stereocenters. The fourth-order valence-electron chi connectivity index (χ4n) is 3.65. The van der Waals surface area contributed by atoms with Gasteiger partial charge in [-0.2, -0.15) is 0 Å². The molecule has 1 aromatic rings. The van der Waals surface area contributed by atoms with Gasteiger partial charge < -0.3 is 15.1 Å². The van der Waals surface area contributed by atoms with Crippen LogP contribution in [0.4, 0.5) is 0 Å². The smallest absolute Gasteiger partial charge is 0.257 e. The fourth-order valence-corrected chi connectivity index (χ4v) is 3.65. The van der Waals surface area contributed by atoms with Gasteiger partial charge >= 0.3 is 0 Å². The van der Waals surface area contributed by atoms with E-state index in [2.05, 4.69) is 4.90 Å². The molecule has 138 valence electrons. The number of amides is 1. The summed E-state index contributed by atoms with van der Waals surface area (Å²) in [5.74, 6) is 1.61. The molecule has 1 aliphatic heterocycles. The van der Waals surface area contributed by atoms with E-state index in [1.807, 2.05) is 4.90 Å². The highest BCUT2D eigenvalue weighted by Crippen LogP contribution is 2.24. The Kier molecular flexibility index (Phi) is 9.13. The van der Waals surface area contributed by atoms with Gasteiger partial charge in [-0.1, -0.05) is 19.3 Å². The summed E-state index contributed by atoms with van der Waals surface area (Å²) in [5, 5.41) is 0. The Morgan fingerprint density at radius 3 is 2.38 bits per heavy atom. The van der Waals surface area contributed by atoms with Gasteiger partial charge in [-0.25, -0.2) is 0 Å². The summed E-state index contributed by atoms with van der Waals surface area (Å²) in [6.07, 6.45) is 8.50. The lowest BCUT2D eigenvalue weighted by atomic mass is 9.89. The van der Waals surface area contributed by atoms with Crippen LogP contribution in [0.2, 0.25) is 0 Å². The largest absolute Gasteiger partial charge is 0.467 e. The first-order valence-electron chi connectivity index (χ1n) is 8.55. The lowest BCUT2D eigenvalue weighted by Gasteiger charge is -2.37. The number of nitrogens with zero attached hydrogens (tertiary/aromatic N) is 2. The van der Waals surface area contributed by atoms with E-state index in [0.717, 1.165) is 32.1 Å². The number of furan rings is 1. The molecule has 0 atom stereocenters. The predicted molar refractivity (Wildman–Crippen MR) is 100 cm³/mol. The van der Waals surface area contributed by atoms with Gasteiger partial charge in [0, 0.05) is 32.7 Å². The molecule has 1 saturated carbocycles. The topological polar surface area (TPSA) is 62.7 Å². The zero-order valence-corrected chi connectivity index (χ0v) is 15.7. The quantitative estimate of drug-likeness (QED) is 0.875. The summed E-state index contributed by atoms with van der Waals surface area (Å²) in [4.78, 5) is 16.9. The van der Waals surface area contributed by atoms with Crippen molar-refractivity contribution in [3.05, 3.63) is 23.7 Å². The third-order valence-electron chi connectivity index (χ3n) is 5.00. The van der Waals surface area contributed by atoms with Crippen molar-refractivity contribution in [2.75, 3.05) is 32.7 Å². The van der Waals surface area contributed by atoms with E-state index in [0.29, 0.717) is 17.9 Å². The molecule has 5 nitrogen and oxygen atoms in total. The SMILES string of the molecule is Cl.Cl.NCc1cc(C(=O)N2CCN(CC3CCCCC3)CC2)co1. The van der Waals surface area contributed by atoms with Crippen molar-refractivity contribution >= 4 is 30.7 Å². The Hall–Kier alpha value is -0.750. The first-order valence-corrected chi connectivity index (χ1v) is 8.55. The number of piperazine rings is 1. The summed E-state index contributed by atoms with van der Waals surface area (Å²) in [6.45, 7) is 5.16. The summed E-state index contributed by atoms with van der Waals surface area (Å²) in [6, 6.07) is 1.76. The van der Waals surface area contributed by atoms with Crippen LogP contribution in [-0.4, -0.2) is 48.4 Å². The van der Waals surface area contributed by atoms with Crippen molar-refractivity contribution in [1.29, 1.82) is 0 Å². The number of carbonyl (C=O) groups excluding carboxylic acids is 1. The lowest BCUT2D eigenvalue weighted by molar-refractivity contribution is 0.0605. The standard InChI is InChI=1S/C17H27N3O2.2ClH/c18-11-16-10-15(13-22-16)17(21)20-8-6-19(7-9-20)12-14-4-2-1-3-5-14;;/h10,13-14H,1-9,11-12,18H2;2*1H. The Morgan fingerprint density at radius 2 is 1.79 bits per heavy atom. The second kappa shape index (κ2) is 10.3. The molecule has 1 saturated heterocycles. The molecule has 7 heteroatoms. The molecule has 2 N–H and O–H groups in total. The van der Waals surface area contributed by atoms with Gasteiger partial charge in [0.25, 0.3) is 5.91 Å². The van der Waals surface area contributed by atoms with Crippen LogP contribution in [0.25, 0.3) is 0 Å². The van der Waals surface area contributed by atoms with Crippen LogP contribution in [0.5, 0.6) is 0 Å². The van der Waals surface area contributed by atoms with Crippen molar-refractivity contribution in [3.63, 3.8) is 0 Å². The molecular weight excluding hydrogens is 349 g/mol. The predicted octanol–water partition coefficient (Wildman–Crippen LogP) is 2.92. The third-order valence-corrected chi connectivity index (χ3v) is 5.00. The van der Waals surface area contributed by atoms with Gasteiger partial charge in [-0.15, -0.1) is 24.8 Å². The normalized spacial score (nSPS) is 19.5. The van der Waals surface area contributed by atoms with Crippen molar-refractivity contribution < 1.29 is 9.21 Å². The van der Waals surface area contributed by atoms with Crippen LogP contribution in [-0.2, 0) is 6.54 Å². The second-order valence-corrected chi connectivity index (χ2v) is 6.60. The zero-order valence-electron chi connectivity index (χ0n) is 14.1. The summed E-state index contributed by atoms with van der Waals surface area (Å²) < 4.78 is 5.26. The minimum atomic E-state index is 0. The molecule has 2 fully saturated rings. The molecule has 0 bridgehead atoms. The monoisotopic (exact) mass is 377 g/mol. The molecule has 0 spiro atoms. The number of nitrogens with two attached hydrogens (primary N) is 1. The zero-order chi connectivity index (χ0) is 15.4. The van der Waals surface area contributed by atoms with Gasteiger partial charge in [0.15, 0.2) is 0 Å². The minimum absolute atomic E-state index is 0. The molecule has 2 aliphatic rings. The Morgan fingerprint density at radius 1 is 1.12 bits per heavy atom. The van der Waals surface area contributed by atoms with E-state index in [-0.39, 0.29) is 30.7 Å². The molecular formula is C17H29Cl2N3O2. The first kappa shape index (κ1) is 21.3. The third kappa shape index (κ3) is 5.38. The van der Waals surface area contributed by atoms with Crippen molar-refractivity contribution in [2.45, 2.75) is 38.6 Å². The average Bonchev–Trinajstić information content (AvgIpc) is 3.05. The molecule has 2 heterocycles. The van der Waals surface area contributed by atoms with E-state index >= 15 is 0 Å². The van der Waals surface area contributed by atoms with Crippen LogP contribution >= 0.6 is 24.8 Å². The highest BCUT2D eigenvalue weighted by molar-refractivity contribution is 5.94. The van der Waals surface area contributed by atoms with E-state index in [4.69, 9.17) is 10.2 Å². The number of hydrogen-bond donors (Lipinski definition) is 1. The number of rotatable bonds is 4. The average molecular weight is 378 g/mol. The van der Waals surface area contributed by atoms with Crippen molar-refractivity contribution in [3.8, 4) is 0 Å². The highest BCUT2D eigenvalue weighted by atomic mass is 35.5. The fraction of sp³-hybridized carbons (Fsp3) is 0.706. The highest BCUT2D eigenvalue weighted by Gasteiger charge is 2.25. The maximum absolute atomic E-state index is 12.4. The number of hydrogen-bond acceptors (Lipinski definition) is 4. The van der Waals surface area contributed by atoms with Gasteiger partial charge in [-0.05, 0) is 24.8 Å².